The van der Waals surface area contributed by atoms with E-state index in [-0.39, 0.29) is 11.5 Å². The number of likely N-dealkylation sites (tertiary alicyclic amines) is 1. The van der Waals surface area contributed by atoms with Crippen LogP contribution >= 0.6 is 0 Å². The molecule has 0 N–H and O–H groups in total. The Labute approximate surface area is 196 Å². The Morgan fingerprint density at radius 2 is 1.88 bits per heavy atom. The molecule has 0 unspecified atom stereocenters. The zero-order valence-electron chi connectivity index (χ0n) is 19.1. The van der Waals surface area contributed by atoms with Crippen molar-refractivity contribution in [1.82, 2.24) is 19.8 Å². The van der Waals surface area contributed by atoms with E-state index in [1.54, 1.807) is 4.90 Å². The second kappa shape index (κ2) is 9.05. The number of pyridine rings is 2. The molecular formula is C24H28F3N5O2. The zero-order valence-corrected chi connectivity index (χ0v) is 19.1. The van der Waals surface area contributed by atoms with E-state index >= 15 is 0 Å². The number of nitrogens with zero attached hydrogens (tertiary/aromatic N) is 5. The Bertz CT molecular complexity index is 1070. The van der Waals surface area contributed by atoms with Crippen LogP contribution in [0.25, 0.3) is 11.3 Å². The quantitative estimate of drug-likeness (QED) is 0.629. The number of ether oxygens (including phenoxy) is 1. The van der Waals surface area contributed by atoms with Crippen LogP contribution in [0.15, 0.2) is 24.5 Å². The van der Waals surface area contributed by atoms with Crippen LogP contribution in [0.4, 0.5) is 23.7 Å². The van der Waals surface area contributed by atoms with E-state index in [1.165, 1.54) is 12.3 Å². The molecule has 0 radical (unpaired) electrons. The smallest absolute Gasteiger partial charge is 0.409 e. The maximum absolute atomic E-state index is 14.1. The van der Waals surface area contributed by atoms with Crippen LogP contribution in [0.2, 0.25) is 0 Å². The van der Waals surface area contributed by atoms with Gasteiger partial charge in [-0.25, -0.2) is 18.6 Å². The molecule has 7 nitrogen and oxygen atoms in total. The van der Waals surface area contributed by atoms with Gasteiger partial charge in [-0.3, -0.25) is 9.88 Å². The molecule has 2 aromatic heterocycles. The molecule has 1 spiro atoms. The first-order valence-electron chi connectivity index (χ1n) is 11.8. The van der Waals surface area contributed by atoms with E-state index in [2.05, 4.69) is 14.9 Å². The molecule has 3 fully saturated rings. The van der Waals surface area contributed by atoms with Crippen molar-refractivity contribution in [3.8, 4) is 11.3 Å². The highest BCUT2D eigenvalue weighted by molar-refractivity contribution is 5.74. The number of rotatable bonds is 4. The van der Waals surface area contributed by atoms with E-state index < -0.39 is 17.6 Å². The van der Waals surface area contributed by atoms with Crippen molar-refractivity contribution in [3.05, 3.63) is 42.1 Å². The average molecular weight is 476 g/mol. The molecule has 2 saturated heterocycles. The molecule has 1 aliphatic carbocycles. The molecule has 0 aromatic carbocycles. The normalized spacial score (nSPS) is 22.2. The summed E-state index contributed by atoms with van der Waals surface area (Å²) in [6.45, 7) is 6.72. The number of amides is 1. The van der Waals surface area contributed by atoms with Crippen molar-refractivity contribution < 1.29 is 22.7 Å². The topological polar surface area (TPSA) is 61.8 Å². The van der Waals surface area contributed by atoms with Crippen LogP contribution in [0.3, 0.4) is 0 Å². The summed E-state index contributed by atoms with van der Waals surface area (Å²) >= 11 is 0. The number of anilines is 1. The highest BCUT2D eigenvalue weighted by Crippen LogP contribution is 2.47. The van der Waals surface area contributed by atoms with Crippen LogP contribution in [0.1, 0.15) is 26.2 Å². The van der Waals surface area contributed by atoms with Crippen LogP contribution in [0, 0.1) is 23.0 Å². The van der Waals surface area contributed by atoms with Crippen LogP contribution < -0.4 is 4.90 Å². The molecule has 1 atom stereocenters. The summed E-state index contributed by atoms with van der Waals surface area (Å²) < 4.78 is 46.2. The first kappa shape index (κ1) is 22.9. The van der Waals surface area contributed by atoms with Crippen LogP contribution in [0.5, 0.6) is 0 Å². The molecule has 0 bridgehead atoms. The lowest BCUT2D eigenvalue weighted by molar-refractivity contribution is -0.00294. The zero-order chi connectivity index (χ0) is 23.9. The van der Waals surface area contributed by atoms with Crippen LogP contribution in [-0.4, -0.2) is 77.8 Å². The third kappa shape index (κ3) is 4.31. The molecule has 4 heterocycles. The minimum absolute atomic E-state index is 0.202. The van der Waals surface area contributed by atoms with Gasteiger partial charge >= 0.3 is 6.09 Å². The van der Waals surface area contributed by atoms with Crippen molar-refractivity contribution in [2.24, 2.45) is 5.41 Å². The maximum Gasteiger partial charge on any atom is 0.409 e. The Balaban J connectivity index is 1.22. The summed E-state index contributed by atoms with van der Waals surface area (Å²) in [5.74, 6) is -2.72. The van der Waals surface area contributed by atoms with E-state index in [1.807, 2.05) is 11.8 Å². The minimum atomic E-state index is -1.17. The second-order valence-electron chi connectivity index (χ2n) is 9.49. The van der Waals surface area contributed by atoms with Gasteiger partial charge in [-0.15, -0.1) is 0 Å². The van der Waals surface area contributed by atoms with Crippen molar-refractivity contribution >= 4 is 11.8 Å². The third-order valence-electron chi connectivity index (χ3n) is 7.33. The number of aromatic nitrogens is 2. The largest absolute Gasteiger partial charge is 0.450 e. The van der Waals surface area contributed by atoms with Gasteiger partial charge in [-0.2, -0.15) is 4.39 Å². The van der Waals surface area contributed by atoms with Gasteiger partial charge in [0.05, 0.1) is 24.2 Å². The first-order valence-corrected chi connectivity index (χ1v) is 11.8. The van der Waals surface area contributed by atoms with Gasteiger partial charge in [0.2, 0.25) is 5.95 Å². The van der Waals surface area contributed by atoms with Gasteiger partial charge in [0.15, 0.2) is 5.82 Å². The lowest BCUT2D eigenvalue weighted by Crippen LogP contribution is -2.58. The predicted molar refractivity (Wildman–Crippen MR) is 120 cm³/mol. The number of halogens is 3. The van der Waals surface area contributed by atoms with Crippen molar-refractivity contribution in [2.75, 3.05) is 50.8 Å². The molecule has 34 heavy (non-hydrogen) atoms. The third-order valence-corrected chi connectivity index (χ3v) is 7.33. The lowest BCUT2D eigenvalue weighted by atomic mass is 9.78. The van der Waals surface area contributed by atoms with Gasteiger partial charge in [0, 0.05) is 68.6 Å². The fourth-order valence-corrected chi connectivity index (χ4v) is 5.65. The molecule has 182 valence electrons. The fraction of sp³-hybridized carbons (Fsp3) is 0.542. The van der Waals surface area contributed by atoms with Crippen LogP contribution in [-0.2, 0) is 4.74 Å². The molecular weight excluding hydrogens is 447 g/mol. The summed E-state index contributed by atoms with van der Waals surface area (Å²) in [5.41, 5.74) is 1.45. The summed E-state index contributed by atoms with van der Waals surface area (Å²) in [4.78, 5) is 25.8. The number of carbonyl (C=O) groups excluding carboxylic acids is 1. The second-order valence-corrected chi connectivity index (χ2v) is 9.49. The van der Waals surface area contributed by atoms with E-state index in [9.17, 15) is 18.0 Å². The summed E-state index contributed by atoms with van der Waals surface area (Å²) in [6.07, 6.45) is 5.34. The standard InChI is InChI=1S/C24H28F3N5O2/c1-2-34-23(33)32-14-24(15-32)4-3-18(11-24)30-5-7-31(8-6-30)20-10-17(25)13-28-21(20)16-9-19(26)22(27)29-12-16/h9-10,12-13,18H,2-8,11,14-15H2,1H3/t18-/m1/s1. The van der Waals surface area contributed by atoms with E-state index in [0.717, 1.165) is 57.7 Å². The van der Waals surface area contributed by atoms with Crippen molar-refractivity contribution in [1.29, 1.82) is 0 Å². The molecule has 5 rings (SSSR count). The van der Waals surface area contributed by atoms with Crippen molar-refractivity contribution in [2.45, 2.75) is 32.2 Å². The summed E-state index contributed by atoms with van der Waals surface area (Å²) in [6, 6.07) is 2.90. The fourth-order valence-electron chi connectivity index (χ4n) is 5.65. The molecule has 2 aliphatic heterocycles. The molecule has 3 aliphatic rings. The summed E-state index contributed by atoms with van der Waals surface area (Å²) in [5, 5.41) is 0. The Morgan fingerprint density at radius 1 is 1.12 bits per heavy atom. The Morgan fingerprint density at radius 3 is 2.59 bits per heavy atom. The van der Waals surface area contributed by atoms with Gasteiger partial charge in [0.25, 0.3) is 0 Å². The highest BCUT2D eigenvalue weighted by atomic mass is 19.2. The predicted octanol–water partition coefficient (Wildman–Crippen LogP) is 3.69. The SMILES string of the molecule is CCOC(=O)N1CC2(CC[C@@H](N3CCN(c4cc(F)cnc4-c4cnc(F)c(F)c4)CC3)C2)C1. The number of hydrogen-bond acceptors (Lipinski definition) is 6. The van der Waals surface area contributed by atoms with Gasteiger partial charge in [0.1, 0.15) is 5.82 Å². The number of piperazine rings is 1. The van der Waals surface area contributed by atoms with Crippen molar-refractivity contribution in [3.63, 3.8) is 0 Å². The first-order chi connectivity index (χ1) is 16.4. The number of carbonyl (C=O) groups is 1. The lowest BCUT2D eigenvalue weighted by Gasteiger charge is -2.48. The van der Waals surface area contributed by atoms with Gasteiger partial charge in [-0.1, -0.05) is 0 Å². The number of hydrogen-bond donors (Lipinski definition) is 0. The molecule has 1 amide bonds. The molecule has 2 aromatic rings. The summed E-state index contributed by atoms with van der Waals surface area (Å²) in [7, 11) is 0. The van der Waals surface area contributed by atoms with E-state index in [0.29, 0.717) is 42.7 Å². The highest BCUT2D eigenvalue weighted by Gasteiger charge is 2.51. The minimum Gasteiger partial charge on any atom is -0.450 e. The van der Waals surface area contributed by atoms with Gasteiger partial charge < -0.3 is 14.5 Å². The van der Waals surface area contributed by atoms with Gasteiger partial charge in [-0.05, 0) is 32.3 Å². The monoisotopic (exact) mass is 475 g/mol. The van der Waals surface area contributed by atoms with E-state index in [4.69, 9.17) is 4.74 Å². The average Bonchev–Trinajstić information content (AvgIpc) is 3.26. The Kier molecular flexibility index (Phi) is 6.09. The Hall–Kier alpha value is -2.88. The molecule has 10 heteroatoms. The molecule has 1 saturated carbocycles. The maximum atomic E-state index is 14.1.